The van der Waals surface area contributed by atoms with Gasteiger partial charge in [0.25, 0.3) is 5.91 Å². The summed E-state index contributed by atoms with van der Waals surface area (Å²) in [6, 6.07) is 4.01. The van der Waals surface area contributed by atoms with E-state index in [2.05, 4.69) is 5.32 Å². The number of rotatable bonds is 3. The summed E-state index contributed by atoms with van der Waals surface area (Å²) in [5, 5.41) is 21.2. The average molecular weight is 237 g/mol. The summed E-state index contributed by atoms with van der Waals surface area (Å²) >= 11 is 0. The van der Waals surface area contributed by atoms with Crippen LogP contribution in [-0.4, -0.2) is 35.9 Å². The molecule has 1 unspecified atom stereocenters. The molecule has 1 aromatic carbocycles. The fourth-order valence-corrected chi connectivity index (χ4v) is 1.75. The van der Waals surface area contributed by atoms with E-state index >= 15 is 0 Å². The second-order valence-electron chi connectivity index (χ2n) is 4.14. The zero-order valence-corrected chi connectivity index (χ0v) is 9.35. The number of nitrogens with one attached hydrogen (secondary N) is 1. The summed E-state index contributed by atoms with van der Waals surface area (Å²) in [7, 11) is 0. The van der Waals surface area contributed by atoms with Gasteiger partial charge in [-0.1, -0.05) is 0 Å². The van der Waals surface area contributed by atoms with E-state index in [4.69, 9.17) is 9.84 Å². The minimum absolute atomic E-state index is 0.231. The normalized spacial score (nSPS) is 19.2. The van der Waals surface area contributed by atoms with E-state index in [1.165, 1.54) is 18.2 Å². The fraction of sp³-hybridized carbons (Fsp3) is 0.417. The maximum Gasteiger partial charge on any atom is 0.251 e. The second-order valence-corrected chi connectivity index (χ2v) is 4.14. The number of carbonyl (C=O) groups is 1. The van der Waals surface area contributed by atoms with Crippen LogP contribution in [0, 0.1) is 5.92 Å². The quantitative estimate of drug-likeness (QED) is 0.681. The third-order valence-electron chi connectivity index (χ3n) is 2.81. The van der Waals surface area contributed by atoms with E-state index in [0.29, 0.717) is 24.6 Å². The summed E-state index contributed by atoms with van der Waals surface area (Å²) in [5.74, 6) is -0.413. The average Bonchev–Trinajstić information content (AvgIpc) is 2.82. The molecule has 17 heavy (non-hydrogen) atoms. The van der Waals surface area contributed by atoms with Gasteiger partial charge in [0.1, 0.15) is 0 Å². The highest BCUT2D eigenvalue weighted by Crippen LogP contribution is 2.24. The Hall–Kier alpha value is -1.75. The van der Waals surface area contributed by atoms with Crippen molar-refractivity contribution in [2.45, 2.75) is 6.42 Å². The lowest BCUT2D eigenvalue weighted by Crippen LogP contribution is -2.29. The largest absolute Gasteiger partial charge is 0.504 e. The molecule has 3 N–H and O–H groups in total. The minimum atomic E-state index is -0.290. The van der Waals surface area contributed by atoms with Crippen LogP contribution >= 0.6 is 0 Å². The maximum absolute atomic E-state index is 11.7. The molecule has 0 spiro atoms. The van der Waals surface area contributed by atoms with E-state index in [1.807, 2.05) is 0 Å². The molecular formula is C12H15NO4. The van der Waals surface area contributed by atoms with Crippen LogP contribution in [0.15, 0.2) is 18.2 Å². The predicted molar refractivity (Wildman–Crippen MR) is 61.0 cm³/mol. The van der Waals surface area contributed by atoms with Gasteiger partial charge in [0.05, 0.1) is 6.61 Å². The topological polar surface area (TPSA) is 78.8 Å². The van der Waals surface area contributed by atoms with Crippen LogP contribution in [0.2, 0.25) is 0 Å². The Morgan fingerprint density at radius 3 is 2.88 bits per heavy atom. The lowest BCUT2D eigenvalue weighted by Gasteiger charge is -2.09. The lowest BCUT2D eigenvalue weighted by molar-refractivity contribution is 0.0944. The maximum atomic E-state index is 11.7. The van der Waals surface area contributed by atoms with E-state index in [1.54, 1.807) is 0 Å². The van der Waals surface area contributed by atoms with Crippen LogP contribution < -0.4 is 5.32 Å². The molecule has 5 heteroatoms. The second kappa shape index (κ2) is 5.05. The van der Waals surface area contributed by atoms with Gasteiger partial charge in [0.15, 0.2) is 11.5 Å². The molecule has 0 aliphatic carbocycles. The number of carbonyl (C=O) groups excluding carboxylic acids is 1. The Balaban J connectivity index is 1.92. The van der Waals surface area contributed by atoms with Crippen LogP contribution in [0.5, 0.6) is 11.5 Å². The third-order valence-corrected chi connectivity index (χ3v) is 2.81. The molecule has 1 aliphatic rings. The molecular weight excluding hydrogens is 222 g/mol. The SMILES string of the molecule is O=C(NCC1CCOC1)c1ccc(O)c(O)c1. The molecule has 1 aliphatic heterocycles. The smallest absolute Gasteiger partial charge is 0.251 e. The minimum Gasteiger partial charge on any atom is -0.504 e. The Morgan fingerprint density at radius 2 is 2.24 bits per heavy atom. The van der Waals surface area contributed by atoms with Crippen molar-refractivity contribution in [2.24, 2.45) is 5.92 Å². The van der Waals surface area contributed by atoms with E-state index in [9.17, 15) is 9.90 Å². The summed E-state index contributed by atoms with van der Waals surface area (Å²) in [6.07, 6.45) is 0.959. The van der Waals surface area contributed by atoms with E-state index in [-0.39, 0.29) is 17.4 Å². The molecule has 0 aromatic heterocycles. The lowest BCUT2D eigenvalue weighted by atomic mass is 10.1. The number of phenolic OH excluding ortho intramolecular Hbond substituents is 2. The zero-order valence-electron chi connectivity index (χ0n) is 9.35. The van der Waals surface area contributed by atoms with Crippen molar-refractivity contribution in [3.05, 3.63) is 23.8 Å². The molecule has 5 nitrogen and oxygen atoms in total. The number of phenols is 2. The monoisotopic (exact) mass is 237 g/mol. The summed E-state index contributed by atoms with van der Waals surface area (Å²) in [6.45, 7) is 2.00. The van der Waals surface area contributed by atoms with Crippen LogP contribution in [0.3, 0.4) is 0 Å². The first-order chi connectivity index (χ1) is 8.16. The van der Waals surface area contributed by atoms with Crippen molar-refractivity contribution in [1.29, 1.82) is 0 Å². The summed E-state index contributed by atoms with van der Waals surface area (Å²) in [4.78, 5) is 11.7. The number of aromatic hydroxyl groups is 2. The Kier molecular flexibility index (Phi) is 3.49. The van der Waals surface area contributed by atoms with Gasteiger partial charge >= 0.3 is 0 Å². The van der Waals surface area contributed by atoms with E-state index in [0.717, 1.165) is 13.0 Å². The van der Waals surface area contributed by atoms with Gasteiger partial charge in [0, 0.05) is 24.6 Å². The van der Waals surface area contributed by atoms with Gasteiger partial charge < -0.3 is 20.3 Å². The van der Waals surface area contributed by atoms with Crippen molar-refractivity contribution >= 4 is 5.91 Å². The van der Waals surface area contributed by atoms with Gasteiger partial charge in [-0.05, 0) is 24.6 Å². The van der Waals surface area contributed by atoms with Gasteiger partial charge in [0.2, 0.25) is 0 Å². The molecule has 0 bridgehead atoms. The predicted octanol–water partition coefficient (Wildman–Crippen LogP) is 0.864. The first-order valence-corrected chi connectivity index (χ1v) is 5.55. The standard InChI is InChI=1S/C12H15NO4/c14-10-2-1-9(5-11(10)15)12(16)13-6-8-3-4-17-7-8/h1-2,5,8,14-15H,3-4,6-7H2,(H,13,16). The first-order valence-electron chi connectivity index (χ1n) is 5.55. The Labute approximate surface area is 99.0 Å². The number of amides is 1. The zero-order chi connectivity index (χ0) is 12.3. The molecule has 1 amide bonds. The first kappa shape index (κ1) is 11.7. The number of benzene rings is 1. The third kappa shape index (κ3) is 2.88. The summed E-state index contributed by atoms with van der Waals surface area (Å²) in [5.41, 5.74) is 0.333. The molecule has 1 heterocycles. The molecule has 1 saturated heterocycles. The van der Waals surface area contributed by atoms with Gasteiger partial charge in [-0.2, -0.15) is 0 Å². The number of ether oxygens (including phenoxy) is 1. The van der Waals surface area contributed by atoms with Crippen molar-refractivity contribution in [1.82, 2.24) is 5.32 Å². The molecule has 1 atom stereocenters. The van der Waals surface area contributed by atoms with Crippen LogP contribution in [-0.2, 0) is 4.74 Å². The highest BCUT2D eigenvalue weighted by molar-refractivity contribution is 5.94. The van der Waals surface area contributed by atoms with E-state index < -0.39 is 0 Å². The van der Waals surface area contributed by atoms with Crippen LogP contribution in [0.25, 0.3) is 0 Å². The number of hydrogen-bond acceptors (Lipinski definition) is 4. The van der Waals surface area contributed by atoms with Gasteiger partial charge in [-0.15, -0.1) is 0 Å². The summed E-state index contributed by atoms with van der Waals surface area (Å²) < 4.78 is 5.21. The van der Waals surface area contributed by atoms with Crippen LogP contribution in [0.4, 0.5) is 0 Å². The molecule has 0 saturated carbocycles. The molecule has 2 rings (SSSR count). The van der Waals surface area contributed by atoms with Crippen molar-refractivity contribution in [3.8, 4) is 11.5 Å². The van der Waals surface area contributed by atoms with Gasteiger partial charge in [-0.3, -0.25) is 4.79 Å². The Morgan fingerprint density at radius 1 is 1.41 bits per heavy atom. The highest BCUT2D eigenvalue weighted by atomic mass is 16.5. The Bertz CT molecular complexity index is 413. The molecule has 92 valence electrons. The highest BCUT2D eigenvalue weighted by Gasteiger charge is 2.17. The van der Waals surface area contributed by atoms with Crippen molar-refractivity contribution in [3.63, 3.8) is 0 Å². The molecule has 1 fully saturated rings. The van der Waals surface area contributed by atoms with Crippen LogP contribution in [0.1, 0.15) is 16.8 Å². The molecule has 1 aromatic rings. The van der Waals surface area contributed by atoms with Crippen molar-refractivity contribution < 1.29 is 19.7 Å². The van der Waals surface area contributed by atoms with Crippen molar-refractivity contribution in [2.75, 3.05) is 19.8 Å². The number of hydrogen-bond donors (Lipinski definition) is 3. The fourth-order valence-electron chi connectivity index (χ4n) is 1.75. The molecule has 0 radical (unpaired) electrons. The van der Waals surface area contributed by atoms with Gasteiger partial charge in [-0.25, -0.2) is 0 Å².